The molecule has 0 atom stereocenters. The largest absolute Gasteiger partial charge is 0.493 e. The minimum Gasteiger partial charge on any atom is -0.493 e. The first-order chi connectivity index (χ1) is 9.11. The highest BCUT2D eigenvalue weighted by atomic mass is 16.3. The summed E-state index contributed by atoms with van der Waals surface area (Å²) in [5.74, 6) is 0.225. The van der Waals surface area contributed by atoms with Gasteiger partial charge in [0.1, 0.15) is 11.4 Å². The highest BCUT2D eigenvalue weighted by molar-refractivity contribution is 5.67. The maximum absolute atomic E-state index is 12.0. The quantitative estimate of drug-likeness (QED) is 0.772. The summed E-state index contributed by atoms with van der Waals surface area (Å²) in [6.45, 7) is 2.48. The number of aromatic hydroxyl groups is 1. The molecule has 0 bridgehead atoms. The number of benzene rings is 1. The third kappa shape index (κ3) is 3.00. The predicted molar refractivity (Wildman–Crippen MR) is 74.1 cm³/mol. The van der Waals surface area contributed by atoms with Crippen LogP contribution in [0.1, 0.15) is 17.8 Å². The molecule has 0 amide bonds. The van der Waals surface area contributed by atoms with Gasteiger partial charge in [-0.25, -0.2) is 0 Å². The summed E-state index contributed by atoms with van der Waals surface area (Å²) >= 11 is 0. The third-order valence-corrected chi connectivity index (χ3v) is 2.91. The number of rotatable bonds is 4. The van der Waals surface area contributed by atoms with E-state index in [0.717, 1.165) is 5.56 Å². The van der Waals surface area contributed by atoms with Gasteiger partial charge in [-0.3, -0.25) is 4.79 Å². The van der Waals surface area contributed by atoms with Crippen molar-refractivity contribution in [3.05, 3.63) is 46.0 Å². The molecule has 5 nitrogen and oxygen atoms in total. The molecular formula is C14H17N3O2. The molecule has 1 aromatic heterocycles. The standard InChI is InChI=1S/C14H17N3O2/c1-9-4-6-10(7-5-9)12-13(18)16-11(3-2-8-15)17-14(12)19/h4-7H,2-3,8,15H2,1H3,(H2,16,17,18,19). The maximum Gasteiger partial charge on any atom is 0.262 e. The molecule has 1 aromatic carbocycles. The fourth-order valence-corrected chi connectivity index (χ4v) is 1.88. The molecule has 0 saturated heterocycles. The molecule has 4 N–H and O–H groups in total. The summed E-state index contributed by atoms with van der Waals surface area (Å²) in [5, 5.41) is 9.93. The Bertz CT molecular complexity index is 618. The van der Waals surface area contributed by atoms with E-state index in [4.69, 9.17) is 5.73 Å². The number of nitrogens with one attached hydrogen (secondary N) is 1. The van der Waals surface area contributed by atoms with Crippen LogP contribution in [0.4, 0.5) is 0 Å². The first-order valence-corrected chi connectivity index (χ1v) is 6.21. The SMILES string of the molecule is Cc1ccc(-c2c(O)nc(CCCN)[nH]c2=O)cc1. The number of H-pyrrole nitrogens is 1. The Hall–Kier alpha value is -2.14. The molecule has 0 unspecified atom stereocenters. The van der Waals surface area contributed by atoms with Crippen LogP contribution in [-0.2, 0) is 6.42 Å². The average Bonchev–Trinajstić information content (AvgIpc) is 2.38. The molecular weight excluding hydrogens is 242 g/mol. The zero-order chi connectivity index (χ0) is 13.8. The second-order valence-corrected chi connectivity index (χ2v) is 4.47. The van der Waals surface area contributed by atoms with Gasteiger partial charge >= 0.3 is 0 Å². The fraction of sp³-hybridized carbons (Fsp3) is 0.286. The summed E-state index contributed by atoms with van der Waals surface area (Å²) in [7, 11) is 0. The Kier molecular flexibility index (Phi) is 3.97. The average molecular weight is 259 g/mol. The second-order valence-electron chi connectivity index (χ2n) is 4.47. The molecule has 0 aliphatic heterocycles. The number of nitrogens with two attached hydrogens (primary N) is 1. The van der Waals surface area contributed by atoms with Gasteiger partial charge in [0.05, 0.1) is 0 Å². The monoisotopic (exact) mass is 259 g/mol. The van der Waals surface area contributed by atoms with Crippen molar-refractivity contribution in [2.24, 2.45) is 5.73 Å². The maximum atomic E-state index is 12.0. The molecule has 0 saturated carbocycles. The molecule has 0 aliphatic rings. The molecule has 19 heavy (non-hydrogen) atoms. The number of aromatic nitrogens is 2. The summed E-state index contributed by atoms with van der Waals surface area (Å²) in [5.41, 5.74) is 7.02. The van der Waals surface area contributed by atoms with Gasteiger partial charge in [-0.05, 0) is 25.5 Å². The van der Waals surface area contributed by atoms with Gasteiger partial charge in [0.25, 0.3) is 5.56 Å². The van der Waals surface area contributed by atoms with Crippen LogP contribution < -0.4 is 11.3 Å². The van der Waals surface area contributed by atoms with Gasteiger partial charge < -0.3 is 15.8 Å². The van der Waals surface area contributed by atoms with Gasteiger partial charge in [0, 0.05) is 6.42 Å². The van der Waals surface area contributed by atoms with Crippen LogP contribution in [0.3, 0.4) is 0 Å². The van der Waals surface area contributed by atoms with Crippen LogP contribution in [-0.4, -0.2) is 21.6 Å². The highest BCUT2D eigenvalue weighted by Crippen LogP contribution is 2.23. The lowest BCUT2D eigenvalue weighted by atomic mass is 10.1. The van der Waals surface area contributed by atoms with E-state index < -0.39 is 0 Å². The Balaban J connectivity index is 2.42. The van der Waals surface area contributed by atoms with Crippen LogP contribution in [0, 0.1) is 6.92 Å². The van der Waals surface area contributed by atoms with Crippen molar-refractivity contribution >= 4 is 0 Å². The van der Waals surface area contributed by atoms with Crippen molar-refractivity contribution in [2.75, 3.05) is 6.54 Å². The molecule has 5 heteroatoms. The van der Waals surface area contributed by atoms with E-state index in [1.54, 1.807) is 12.1 Å². The normalized spacial score (nSPS) is 10.6. The van der Waals surface area contributed by atoms with Gasteiger partial charge in [0.2, 0.25) is 5.88 Å². The lowest BCUT2D eigenvalue weighted by Gasteiger charge is -2.06. The Morgan fingerprint density at radius 1 is 1.32 bits per heavy atom. The molecule has 1 heterocycles. The van der Waals surface area contributed by atoms with Crippen molar-refractivity contribution in [3.8, 4) is 17.0 Å². The van der Waals surface area contributed by atoms with E-state index in [1.807, 2.05) is 19.1 Å². The topological polar surface area (TPSA) is 92.0 Å². The Labute approximate surface area is 111 Å². The third-order valence-electron chi connectivity index (χ3n) is 2.91. The van der Waals surface area contributed by atoms with Crippen molar-refractivity contribution in [1.82, 2.24) is 9.97 Å². The molecule has 0 fully saturated rings. The zero-order valence-corrected chi connectivity index (χ0v) is 10.8. The van der Waals surface area contributed by atoms with Crippen molar-refractivity contribution in [1.29, 1.82) is 0 Å². The molecule has 2 rings (SSSR count). The summed E-state index contributed by atoms with van der Waals surface area (Å²) in [6.07, 6.45) is 1.26. The van der Waals surface area contributed by atoms with E-state index in [9.17, 15) is 9.90 Å². The fourth-order valence-electron chi connectivity index (χ4n) is 1.88. The predicted octanol–water partition coefficient (Wildman–Crippen LogP) is 1.34. The number of aryl methyl sites for hydroxylation is 2. The van der Waals surface area contributed by atoms with Crippen molar-refractivity contribution in [2.45, 2.75) is 19.8 Å². The van der Waals surface area contributed by atoms with Gasteiger partial charge in [-0.15, -0.1) is 0 Å². The number of nitrogens with zero attached hydrogens (tertiary/aromatic N) is 1. The zero-order valence-electron chi connectivity index (χ0n) is 10.8. The van der Waals surface area contributed by atoms with Gasteiger partial charge in [-0.1, -0.05) is 29.8 Å². The molecule has 0 aliphatic carbocycles. The number of aromatic amines is 1. The van der Waals surface area contributed by atoms with Crippen LogP contribution in [0.15, 0.2) is 29.1 Å². The van der Waals surface area contributed by atoms with E-state index in [1.165, 1.54) is 0 Å². The van der Waals surface area contributed by atoms with Crippen molar-refractivity contribution < 1.29 is 5.11 Å². The van der Waals surface area contributed by atoms with Gasteiger partial charge in [-0.2, -0.15) is 4.98 Å². The van der Waals surface area contributed by atoms with Crippen LogP contribution in [0.2, 0.25) is 0 Å². The first kappa shape index (κ1) is 13.3. The lowest BCUT2D eigenvalue weighted by molar-refractivity contribution is 0.449. The molecule has 100 valence electrons. The van der Waals surface area contributed by atoms with E-state index in [2.05, 4.69) is 9.97 Å². The molecule has 0 spiro atoms. The summed E-state index contributed by atoms with van der Waals surface area (Å²) < 4.78 is 0. The Morgan fingerprint density at radius 3 is 2.58 bits per heavy atom. The van der Waals surface area contributed by atoms with Crippen molar-refractivity contribution in [3.63, 3.8) is 0 Å². The second kappa shape index (κ2) is 5.67. The van der Waals surface area contributed by atoms with E-state index >= 15 is 0 Å². The molecule has 2 aromatic rings. The van der Waals surface area contributed by atoms with Gasteiger partial charge in [0.15, 0.2) is 0 Å². The lowest BCUT2D eigenvalue weighted by Crippen LogP contribution is -2.15. The number of hydrogen-bond acceptors (Lipinski definition) is 4. The molecule has 0 radical (unpaired) electrons. The number of hydrogen-bond donors (Lipinski definition) is 3. The van der Waals surface area contributed by atoms with Crippen LogP contribution in [0.5, 0.6) is 5.88 Å². The van der Waals surface area contributed by atoms with E-state index in [0.29, 0.717) is 30.8 Å². The highest BCUT2D eigenvalue weighted by Gasteiger charge is 2.12. The minimum atomic E-state index is -0.330. The van der Waals surface area contributed by atoms with Crippen LogP contribution >= 0.6 is 0 Å². The van der Waals surface area contributed by atoms with E-state index in [-0.39, 0.29) is 17.0 Å². The minimum absolute atomic E-state index is 0.205. The Morgan fingerprint density at radius 2 is 2.00 bits per heavy atom. The smallest absolute Gasteiger partial charge is 0.262 e. The summed E-state index contributed by atoms with van der Waals surface area (Å²) in [4.78, 5) is 18.7. The summed E-state index contributed by atoms with van der Waals surface area (Å²) in [6, 6.07) is 7.36. The first-order valence-electron chi connectivity index (χ1n) is 6.21. The van der Waals surface area contributed by atoms with Crippen LogP contribution in [0.25, 0.3) is 11.1 Å².